The summed E-state index contributed by atoms with van der Waals surface area (Å²) >= 11 is 0. The van der Waals surface area contributed by atoms with Gasteiger partial charge in [-0.15, -0.1) is 0 Å². The number of rotatable bonds is 4. The summed E-state index contributed by atoms with van der Waals surface area (Å²) < 4.78 is 5.30. The third kappa shape index (κ3) is 2.93. The van der Waals surface area contributed by atoms with Gasteiger partial charge in [-0.05, 0) is 36.3 Å². The Morgan fingerprint density at radius 1 is 1.20 bits per heavy atom. The highest BCUT2D eigenvalue weighted by molar-refractivity contribution is 5.98. The van der Waals surface area contributed by atoms with Crippen LogP contribution in [0, 0.1) is 0 Å². The fraction of sp³-hybridized carbons (Fsp3) is 0.182. The number of ether oxygens (including phenoxy) is 1. The molecule has 1 aliphatic rings. The first-order chi connectivity index (χ1) is 14.7. The summed E-state index contributed by atoms with van der Waals surface area (Å²) in [5.74, 6) is 1.34. The number of para-hydroxylation sites is 1. The molecule has 1 fully saturated rings. The van der Waals surface area contributed by atoms with E-state index in [-0.39, 0.29) is 11.9 Å². The number of aromatic nitrogens is 5. The highest BCUT2D eigenvalue weighted by Gasteiger charge is 2.36. The van der Waals surface area contributed by atoms with Crippen LogP contribution >= 0.6 is 0 Å². The lowest BCUT2D eigenvalue weighted by Gasteiger charge is -2.24. The molecule has 0 aliphatic carbocycles. The Bertz CT molecular complexity index is 1240. The monoisotopic (exact) mass is 400 g/mol. The van der Waals surface area contributed by atoms with Crippen LogP contribution in [0.5, 0.6) is 5.75 Å². The van der Waals surface area contributed by atoms with E-state index in [1.54, 1.807) is 30.5 Å². The van der Waals surface area contributed by atoms with Crippen molar-refractivity contribution in [2.75, 3.05) is 13.7 Å². The summed E-state index contributed by atoms with van der Waals surface area (Å²) in [6.45, 7) is 4.78. The van der Waals surface area contributed by atoms with E-state index in [0.29, 0.717) is 23.6 Å². The number of hydrogen-bond acceptors (Lipinski definition) is 5. The molecule has 0 saturated carbocycles. The molecule has 1 unspecified atom stereocenters. The highest BCUT2D eigenvalue weighted by Crippen LogP contribution is 2.37. The van der Waals surface area contributed by atoms with E-state index in [4.69, 9.17) is 9.72 Å². The van der Waals surface area contributed by atoms with Crippen molar-refractivity contribution in [2.24, 2.45) is 0 Å². The molecule has 4 aromatic rings. The van der Waals surface area contributed by atoms with Crippen molar-refractivity contribution in [3.63, 3.8) is 0 Å². The fourth-order valence-corrected chi connectivity index (χ4v) is 3.90. The molecular weight excluding hydrogens is 380 g/mol. The first-order valence-electron chi connectivity index (χ1n) is 9.63. The van der Waals surface area contributed by atoms with E-state index in [9.17, 15) is 4.79 Å². The standard InChI is InChI=1S/C22H20N6O2/c1-14-9-12-27(20(14)21-25-17-8-7-15(30-2)13-18(17)26-21)22(29)16-5-3-4-6-19(16)28-23-10-11-24-28/h3-8,10-11,13,20H,1,9,12H2,2H3,(H,25,26). The van der Waals surface area contributed by atoms with Crippen LogP contribution < -0.4 is 4.74 Å². The molecule has 0 radical (unpaired) electrons. The molecule has 0 spiro atoms. The van der Waals surface area contributed by atoms with Gasteiger partial charge in [0.15, 0.2) is 0 Å². The second-order valence-corrected chi connectivity index (χ2v) is 7.15. The molecule has 1 aliphatic heterocycles. The summed E-state index contributed by atoms with van der Waals surface area (Å²) in [5, 5.41) is 8.36. The predicted molar refractivity (Wildman–Crippen MR) is 112 cm³/mol. The van der Waals surface area contributed by atoms with Gasteiger partial charge in [0.2, 0.25) is 0 Å². The third-order valence-corrected chi connectivity index (χ3v) is 5.37. The van der Waals surface area contributed by atoms with E-state index in [2.05, 4.69) is 21.8 Å². The third-order valence-electron chi connectivity index (χ3n) is 5.37. The highest BCUT2D eigenvalue weighted by atomic mass is 16.5. The molecule has 2 aromatic carbocycles. The summed E-state index contributed by atoms with van der Waals surface area (Å²) in [6, 6.07) is 12.7. The zero-order chi connectivity index (χ0) is 20.7. The van der Waals surface area contributed by atoms with E-state index in [1.807, 2.05) is 36.4 Å². The Hall–Kier alpha value is -3.94. The number of nitrogens with zero attached hydrogens (tertiary/aromatic N) is 5. The van der Waals surface area contributed by atoms with Crippen LogP contribution in [0.4, 0.5) is 0 Å². The number of H-pyrrole nitrogens is 1. The molecule has 8 heteroatoms. The average molecular weight is 400 g/mol. The van der Waals surface area contributed by atoms with Crippen LogP contribution in [0.2, 0.25) is 0 Å². The van der Waals surface area contributed by atoms with Crippen LogP contribution in [0.3, 0.4) is 0 Å². The number of fused-ring (bicyclic) bond motifs is 1. The second kappa shape index (κ2) is 7.14. The zero-order valence-corrected chi connectivity index (χ0v) is 16.4. The minimum Gasteiger partial charge on any atom is -0.497 e. The van der Waals surface area contributed by atoms with Crippen molar-refractivity contribution in [3.05, 3.63) is 78.4 Å². The topological polar surface area (TPSA) is 88.9 Å². The van der Waals surface area contributed by atoms with Crippen LogP contribution in [-0.4, -0.2) is 49.4 Å². The van der Waals surface area contributed by atoms with Gasteiger partial charge in [-0.3, -0.25) is 4.79 Å². The molecule has 1 amide bonds. The van der Waals surface area contributed by atoms with Crippen LogP contribution in [0.25, 0.3) is 16.7 Å². The molecule has 5 rings (SSSR count). The number of likely N-dealkylation sites (tertiary alicyclic amines) is 1. The molecule has 0 bridgehead atoms. The lowest BCUT2D eigenvalue weighted by Crippen LogP contribution is -2.32. The van der Waals surface area contributed by atoms with Gasteiger partial charge >= 0.3 is 0 Å². The van der Waals surface area contributed by atoms with Crippen LogP contribution in [0.15, 0.2) is 67.0 Å². The first-order valence-corrected chi connectivity index (χ1v) is 9.63. The van der Waals surface area contributed by atoms with Crippen LogP contribution in [-0.2, 0) is 0 Å². The molecule has 1 N–H and O–H groups in total. The van der Waals surface area contributed by atoms with Crippen molar-refractivity contribution < 1.29 is 9.53 Å². The van der Waals surface area contributed by atoms with Gasteiger partial charge in [-0.1, -0.05) is 18.7 Å². The maximum absolute atomic E-state index is 13.6. The number of benzene rings is 2. The molecule has 30 heavy (non-hydrogen) atoms. The number of nitrogens with one attached hydrogen (secondary N) is 1. The van der Waals surface area contributed by atoms with Crippen molar-refractivity contribution in [3.8, 4) is 11.4 Å². The van der Waals surface area contributed by atoms with Crippen molar-refractivity contribution >= 4 is 16.9 Å². The van der Waals surface area contributed by atoms with Crippen molar-refractivity contribution in [1.82, 2.24) is 29.9 Å². The summed E-state index contributed by atoms with van der Waals surface area (Å²) in [7, 11) is 1.63. The van der Waals surface area contributed by atoms with Crippen LogP contribution in [0.1, 0.15) is 28.6 Å². The smallest absolute Gasteiger partial charge is 0.257 e. The number of hydrogen-bond donors (Lipinski definition) is 1. The van der Waals surface area contributed by atoms with Gasteiger partial charge in [-0.25, -0.2) is 4.98 Å². The molecule has 1 atom stereocenters. The SMILES string of the molecule is C=C1CCN(C(=O)c2ccccc2-n2nccn2)C1c1nc2ccc(OC)cc2[nH]1. The Morgan fingerprint density at radius 2 is 2.00 bits per heavy atom. The Morgan fingerprint density at radius 3 is 2.80 bits per heavy atom. The number of amides is 1. The van der Waals surface area contributed by atoms with Gasteiger partial charge in [0.05, 0.1) is 41.8 Å². The fourth-order valence-electron chi connectivity index (χ4n) is 3.90. The molecular formula is C22H20N6O2. The summed E-state index contributed by atoms with van der Waals surface area (Å²) in [5.41, 5.74) is 3.80. The Balaban J connectivity index is 1.54. The number of aromatic amines is 1. The van der Waals surface area contributed by atoms with Gasteiger partial charge in [-0.2, -0.15) is 15.0 Å². The minimum absolute atomic E-state index is 0.107. The molecule has 150 valence electrons. The first kappa shape index (κ1) is 18.1. The van der Waals surface area contributed by atoms with Crippen molar-refractivity contribution in [2.45, 2.75) is 12.5 Å². The predicted octanol–water partition coefficient (Wildman–Crippen LogP) is 3.30. The number of methoxy groups -OCH3 is 1. The number of carbonyl (C=O) groups is 1. The largest absolute Gasteiger partial charge is 0.497 e. The lowest BCUT2D eigenvalue weighted by atomic mass is 10.1. The maximum atomic E-state index is 13.6. The molecule has 2 aromatic heterocycles. The number of carbonyl (C=O) groups excluding carboxylic acids is 1. The minimum atomic E-state index is -0.325. The van der Waals surface area contributed by atoms with Gasteiger partial charge in [0, 0.05) is 12.6 Å². The summed E-state index contributed by atoms with van der Waals surface area (Å²) in [6.07, 6.45) is 3.90. The molecule has 3 heterocycles. The second-order valence-electron chi connectivity index (χ2n) is 7.15. The normalized spacial score (nSPS) is 16.4. The number of imidazole rings is 1. The van der Waals surface area contributed by atoms with E-state index < -0.39 is 0 Å². The summed E-state index contributed by atoms with van der Waals surface area (Å²) in [4.78, 5) is 24.9. The van der Waals surface area contributed by atoms with Crippen molar-refractivity contribution in [1.29, 1.82) is 0 Å². The van der Waals surface area contributed by atoms with E-state index >= 15 is 0 Å². The Labute approximate surface area is 172 Å². The molecule has 8 nitrogen and oxygen atoms in total. The van der Waals surface area contributed by atoms with E-state index in [0.717, 1.165) is 28.8 Å². The van der Waals surface area contributed by atoms with E-state index in [1.165, 1.54) is 4.80 Å². The quantitative estimate of drug-likeness (QED) is 0.531. The molecule has 1 saturated heterocycles. The Kier molecular flexibility index (Phi) is 4.31. The van der Waals surface area contributed by atoms with Gasteiger partial charge < -0.3 is 14.6 Å². The van der Waals surface area contributed by atoms with Gasteiger partial charge in [0.25, 0.3) is 5.91 Å². The zero-order valence-electron chi connectivity index (χ0n) is 16.4. The average Bonchev–Trinajstić information content (AvgIpc) is 3.51. The lowest BCUT2D eigenvalue weighted by molar-refractivity contribution is 0.0741. The van der Waals surface area contributed by atoms with Gasteiger partial charge in [0.1, 0.15) is 17.6 Å². The maximum Gasteiger partial charge on any atom is 0.257 e.